The van der Waals surface area contributed by atoms with Crippen molar-refractivity contribution in [2.24, 2.45) is 0 Å². The maximum absolute atomic E-state index is 11.8. The second kappa shape index (κ2) is 7.50. The molecule has 3 nitrogen and oxygen atoms in total. The third kappa shape index (κ3) is 4.65. The van der Waals surface area contributed by atoms with Crippen molar-refractivity contribution in [3.8, 4) is 0 Å². The molecule has 1 atom stereocenters. The second-order valence-corrected chi connectivity index (χ2v) is 5.01. The third-order valence-corrected chi connectivity index (χ3v) is 3.37. The number of halogens is 1. The van der Waals surface area contributed by atoms with Gasteiger partial charge in [0, 0.05) is 11.2 Å². The van der Waals surface area contributed by atoms with Gasteiger partial charge in [0.2, 0.25) is 0 Å². The van der Waals surface area contributed by atoms with Gasteiger partial charge in [0.25, 0.3) is 0 Å². The molecule has 0 aromatic heterocycles. The molecule has 108 valence electrons. The highest BCUT2D eigenvalue weighted by atomic mass is 35.5. The molecule has 0 saturated carbocycles. The molecule has 2 aromatic rings. The van der Waals surface area contributed by atoms with Gasteiger partial charge in [0.15, 0.2) is 0 Å². The number of urea groups is 1. The maximum Gasteiger partial charge on any atom is 0.319 e. The Labute approximate surface area is 129 Å². The van der Waals surface area contributed by atoms with E-state index in [-0.39, 0.29) is 12.1 Å². The quantitative estimate of drug-likeness (QED) is 0.865. The van der Waals surface area contributed by atoms with Gasteiger partial charge in [-0.3, -0.25) is 0 Å². The van der Waals surface area contributed by atoms with Crippen molar-refractivity contribution in [1.29, 1.82) is 0 Å². The summed E-state index contributed by atoms with van der Waals surface area (Å²) in [4.78, 5) is 11.8. The standard InChI is InChI=1S/C17H17ClN2O/c1-13(14-7-3-2-4-8-14)20-17(21)19-12-11-15-9-5-6-10-16(15)18/h2-13H,1H3,(H2,19,20,21)/b12-11+. The summed E-state index contributed by atoms with van der Waals surface area (Å²) in [6.45, 7) is 1.94. The summed E-state index contributed by atoms with van der Waals surface area (Å²) in [6, 6.07) is 16.9. The van der Waals surface area contributed by atoms with Crippen LogP contribution in [0.5, 0.6) is 0 Å². The van der Waals surface area contributed by atoms with E-state index in [0.29, 0.717) is 5.02 Å². The van der Waals surface area contributed by atoms with Crippen LogP contribution in [0.15, 0.2) is 60.8 Å². The fourth-order valence-electron chi connectivity index (χ4n) is 1.88. The van der Waals surface area contributed by atoms with Crippen molar-refractivity contribution in [3.05, 3.63) is 76.9 Å². The molecule has 4 heteroatoms. The molecule has 0 fully saturated rings. The molecule has 0 radical (unpaired) electrons. The van der Waals surface area contributed by atoms with E-state index in [1.165, 1.54) is 0 Å². The monoisotopic (exact) mass is 300 g/mol. The summed E-state index contributed by atoms with van der Waals surface area (Å²) in [7, 11) is 0. The number of rotatable bonds is 4. The SMILES string of the molecule is CC(NC(=O)N/C=C/c1ccccc1Cl)c1ccccc1. The number of benzene rings is 2. The molecule has 2 amide bonds. The molecule has 0 aliphatic heterocycles. The van der Waals surface area contributed by atoms with Crippen LogP contribution in [0.1, 0.15) is 24.1 Å². The minimum absolute atomic E-state index is 0.0556. The molecule has 0 saturated heterocycles. The highest BCUT2D eigenvalue weighted by molar-refractivity contribution is 6.32. The van der Waals surface area contributed by atoms with Crippen molar-refractivity contribution >= 4 is 23.7 Å². The summed E-state index contributed by atoms with van der Waals surface area (Å²) >= 11 is 6.02. The molecule has 1 unspecified atom stereocenters. The summed E-state index contributed by atoms with van der Waals surface area (Å²) < 4.78 is 0. The van der Waals surface area contributed by atoms with Crippen molar-refractivity contribution < 1.29 is 4.79 Å². The van der Waals surface area contributed by atoms with E-state index in [4.69, 9.17) is 11.6 Å². The van der Waals surface area contributed by atoms with E-state index in [0.717, 1.165) is 11.1 Å². The van der Waals surface area contributed by atoms with E-state index in [9.17, 15) is 4.79 Å². The zero-order valence-electron chi connectivity index (χ0n) is 11.7. The lowest BCUT2D eigenvalue weighted by Crippen LogP contribution is -2.34. The van der Waals surface area contributed by atoms with Crippen LogP contribution in [0.2, 0.25) is 5.02 Å². The van der Waals surface area contributed by atoms with Crippen LogP contribution in [0, 0.1) is 0 Å². The van der Waals surface area contributed by atoms with E-state index in [1.54, 1.807) is 18.3 Å². The summed E-state index contributed by atoms with van der Waals surface area (Å²) in [5.41, 5.74) is 1.92. The van der Waals surface area contributed by atoms with Crippen molar-refractivity contribution in [2.45, 2.75) is 13.0 Å². The average molecular weight is 301 g/mol. The zero-order chi connectivity index (χ0) is 15.1. The highest BCUT2D eigenvalue weighted by Gasteiger charge is 2.07. The van der Waals surface area contributed by atoms with E-state index >= 15 is 0 Å². The number of hydrogen-bond acceptors (Lipinski definition) is 1. The topological polar surface area (TPSA) is 41.1 Å². The molecule has 0 heterocycles. The number of nitrogens with one attached hydrogen (secondary N) is 2. The van der Waals surface area contributed by atoms with Gasteiger partial charge in [-0.1, -0.05) is 60.1 Å². The Morgan fingerprint density at radius 1 is 1.10 bits per heavy atom. The van der Waals surface area contributed by atoms with E-state index in [2.05, 4.69) is 10.6 Å². The molecule has 0 aliphatic rings. The van der Waals surface area contributed by atoms with Gasteiger partial charge < -0.3 is 10.6 Å². The zero-order valence-corrected chi connectivity index (χ0v) is 12.5. The normalized spacial score (nSPS) is 12.1. The van der Waals surface area contributed by atoms with Gasteiger partial charge in [-0.05, 0) is 30.2 Å². The molecule has 0 bridgehead atoms. The van der Waals surface area contributed by atoms with Crippen LogP contribution >= 0.6 is 11.6 Å². The van der Waals surface area contributed by atoms with Crippen LogP contribution in [0.3, 0.4) is 0 Å². The minimum Gasteiger partial charge on any atom is -0.331 e. The largest absolute Gasteiger partial charge is 0.331 e. The van der Waals surface area contributed by atoms with Gasteiger partial charge in [-0.25, -0.2) is 4.79 Å². The second-order valence-electron chi connectivity index (χ2n) is 4.61. The average Bonchev–Trinajstić information content (AvgIpc) is 2.50. The van der Waals surface area contributed by atoms with Gasteiger partial charge in [0.1, 0.15) is 0 Å². The number of carbonyl (C=O) groups excluding carboxylic acids is 1. The van der Waals surface area contributed by atoms with Crippen LogP contribution in [0.4, 0.5) is 4.79 Å². The Balaban J connectivity index is 1.87. The minimum atomic E-state index is -0.255. The van der Waals surface area contributed by atoms with Crippen molar-refractivity contribution in [3.63, 3.8) is 0 Å². The first-order chi connectivity index (χ1) is 10.2. The van der Waals surface area contributed by atoms with Crippen LogP contribution in [0.25, 0.3) is 6.08 Å². The van der Waals surface area contributed by atoms with Gasteiger partial charge in [-0.2, -0.15) is 0 Å². The molecular formula is C17H17ClN2O. The maximum atomic E-state index is 11.8. The molecule has 2 N–H and O–H groups in total. The fourth-order valence-corrected chi connectivity index (χ4v) is 2.08. The Hall–Kier alpha value is -2.26. The Kier molecular flexibility index (Phi) is 5.41. The third-order valence-electron chi connectivity index (χ3n) is 3.03. The van der Waals surface area contributed by atoms with Crippen LogP contribution in [-0.4, -0.2) is 6.03 Å². The first-order valence-corrected chi connectivity index (χ1v) is 7.07. The summed E-state index contributed by atoms with van der Waals surface area (Å²) in [5.74, 6) is 0. The number of hydrogen-bond donors (Lipinski definition) is 2. The molecule has 0 spiro atoms. The first-order valence-electron chi connectivity index (χ1n) is 6.70. The summed E-state index contributed by atoms with van der Waals surface area (Å²) in [6.07, 6.45) is 3.34. The number of carbonyl (C=O) groups is 1. The van der Waals surface area contributed by atoms with Crippen LogP contribution < -0.4 is 10.6 Å². The Morgan fingerprint density at radius 3 is 2.48 bits per heavy atom. The Morgan fingerprint density at radius 2 is 1.76 bits per heavy atom. The molecule has 0 aliphatic carbocycles. The predicted molar refractivity (Wildman–Crippen MR) is 87.0 cm³/mol. The van der Waals surface area contributed by atoms with Gasteiger partial charge in [0.05, 0.1) is 6.04 Å². The Bertz CT molecular complexity index is 626. The lowest BCUT2D eigenvalue weighted by atomic mass is 10.1. The molecule has 2 rings (SSSR count). The fraction of sp³-hybridized carbons (Fsp3) is 0.118. The van der Waals surface area contributed by atoms with E-state index < -0.39 is 0 Å². The van der Waals surface area contributed by atoms with Crippen molar-refractivity contribution in [2.75, 3.05) is 0 Å². The first kappa shape index (κ1) is 15.1. The molecule has 21 heavy (non-hydrogen) atoms. The van der Waals surface area contributed by atoms with Gasteiger partial charge in [-0.15, -0.1) is 0 Å². The molecule has 2 aromatic carbocycles. The van der Waals surface area contributed by atoms with Crippen molar-refractivity contribution in [1.82, 2.24) is 10.6 Å². The lowest BCUT2D eigenvalue weighted by molar-refractivity contribution is 0.241. The highest BCUT2D eigenvalue weighted by Crippen LogP contribution is 2.15. The van der Waals surface area contributed by atoms with Crippen LogP contribution in [-0.2, 0) is 0 Å². The van der Waals surface area contributed by atoms with E-state index in [1.807, 2.05) is 55.5 Å². The smallest absolute Gasteiger partial charge is 0.319 e. The number of amides is 2. The predicted octanol–water partition coefficient (Wildman–Crippen LogP) is 4.37. The lowest BCUT2D eigenvalue weighted by Gasteiger charge is -2.13. The van der Waals surface area contributed by atoms with Gasteiger partial charge >= 0.3 is 6.03 Å². The summed E-state index contributed by atoms with van der Waals surface area (Å²) in [5, 5.41) is 6.18. The molecular weight excluding hydrogens is 284 g/mol.